The average molecular weight is 438 g/mol. The molecule has 1 fully saturated rings. The van der Waals surface area contributed by atoms with Crippen molar-refractivity contribution in [3.8, 4) is 0 Å². The molecule has 6 nitrogen and oxygen atoms in total. The molecular weight excluding hydrogens is 416 g/mol. The number of hydrogen-bond donors (Lipinski definition) is 2. The normalized spacial score (nSPS) is 16.7. The lowest BCUT2D eigenvalue weighted by atomic mass is 9.98. The van der Waals surface area contributed by atoms with Crippen LogP contribution in [0.1, 0.15) is 22.7 Å². The van der Waals surface area contributed by atoms with Crippen molar-refractivity contribution in [2.75, 3.05) is 37.4 Å². The van der Waals surface area contributed by atoms with Gasteiger partial charge in [-0.3, -0.25) is 4.79 Å². The highest BCUT2D eigenvalue weighted by atomic mass is 19.4. The molecule has 0 aliphatic carbocycles. The number of anilines is 2. The maximum atomic E-state index is 13.5. The van der Waals surface area contributed by atoms with E-state index >= 15 is 0 Å². The number of nitrogens with one attached hydrogen (secondary N) is 2. The van der Waals surface area contributed by atoms with Crippen LogP contribution >= 0.6 is 0 Å². The minimum Gasteiger partial charge on any atom is -0.378 e. The zero-order valence-corrected chi connectivity index (χ0v) is 17.2. The molecule has 1 aliphatic rings. The molecule has 1 heterocycles. The summed E-state index contributed by atoms with van der Waals surface area (Å²) in [6.45, 7) is 1.94. The predicted molar refractivity (Wildman–Crippen MR) is 108 cm³/mol. The second-order valence-corrected chi connectivity index (χ2v) is 7.48. The summed E-state index contributed by atoms with van der Waals surface area (Å²) in [6, 6.07) is 5.34. The van der Waals surface area contributed by atoms with Gasteiger partial charge in [0.15, 0.2) is 0 Å². The molecule has 3 amide bonds. The minimum absolute atomic E-state index is 0.0518. The quantitative estimate of drug-likeness (QED) is 0.714. The van der Waals surface area contributed by atoms with Gasteiger partial charge in [-0.2, -0.15) is 13.2 Å². The number of urea groups is 1. The standard InChI is InChI=1S/C21H22F4N4O2/c1-12-8-14(22)4-5-17(12)18-19(30)26-6-7-29(18)20(31)27-15-9-13(21(23,24)25)10-16(11-15)28(2)3/h4-5,8-11,18H,6-7H2,1-3H3,(H,26,30)(H,27,31). The number of rotatable bonds is 3. The molecule has 0 aromatic heterocycles. The lowest BCUT2D eigenvalue weighted by molar-refractivity contribution is -0.137. The molecule has 1 saturated heterocycles. The second-order valence-electron chi connectivity index (χ2n) is 7.48. The zero-order chi connectivity index (χ0) is 22.9. The topological polar surface area (TPSA) is 64.7 Å². The van der Waals surface area contributed by atoms with E-state index in [1.165, 1.54) is 34.1 Å². The van der Waals surface area contributed by atoms with E-state index in [4.69, 9.17) is 0 Å². The Labute approximate surface area is 176 Å². The van der Waals surface area contributed by atoms with Crippen LogP contribution in [0.15, 0.2) is 36.4 Å². The zero-order valence-electron chi connectivity index (χ0n) is 17.2. The highest BCUT2D eigenvalue weighted by molar-refractivity contribution is 5.95. The number of nitrogens with zero attached hydrogens (tertiary/aromatic N) is 2. The largest absolute Gasteiger partial charge is 0.416 e. The molecule has 0 saturated carbocycles. The summed E-state index contributed by atoms with van der Waals surface area (Å²) in [7, 11) is 3.17. The van der Waals surface area contributed by atoms with Crippen molar-refractivity contribution in [2.45, 2.75) is 19.1 Å². The smallest absolute Gasteiger partial charge is 0.378 e. The van der Waals surface area contributed by atoms with Gasteiger partial charge in [0.25, 0.3) is 0 Å². The third-order valence-electron chi connectivity index (χ3n) is 5.01. The van der Waals surface area contributed by atoms with Crippen LogP contribution in [-0.2, 0) is 11.0 Å². The Balaban J connectivity index is 1.94. The van der Waals surface area contributed by atoms with E-state index in [1.807, 2.05) is 0 Å². The Morgan fingerprint density at radius 1 is 1.19 bits per heavy atom. The Hall–Kier alpha value is -3.30. The molecule has 1 atom stereocenters. The molecule has 1 aliphatic heterocycles. The average Bonchev–Trinajstić information content (AvgIpc) is 2.67. The van der Waals surface area contributed by atoms with Gasteiger partial charge < -0.3 is 20.4 Å². The van der Waals surface area contributed by atoms with Gasteiger partial charge in [0.1, 0.15) is 11.9 Å². The van der Waals surface area contributed by atoms with E-state index in [1.54, 1.807) is 21.0 Å². The van der Waals surface area contributed by atoms with Crippen molar-refractivity contribution >= 4 is 23.3 Å². The first-order valence-electron chi connectivity index (χ1n) is 9.48. The Bertz CT molecular complexity index is 1010. The number of benzene rings is 2. The summed E-state index contributed by atoms with van der Waals surface area (Å²) in [6.07, 6.45) is -4.59. The fraction of sp³-hybridized carbons (Fsp3) is 0.333. The Kier molecular flexibility index (Phi) is 6.10. The van der Waals surface area contributed by atoms with Gasteiger partial charge in [-0.25, -0.2) is 9.18 Å². The van der Waals surface area contributed by atoms with E-state index in [2.05, 4.69) is 10.6 Å². The molecule has 1 unspecified atom stereocenters. The van der Waals surface area contributed by atoms with Gasteiger partial charge in [-0.15, -0.1) is 0 Å². The maximum Gasteiger partial charge on any atom is 0.416 e. The van der Waals surface area contributed by atoms with E-state index in [9.17, 15) is 27.2 Å². The van der Waals surface area contributed by atoms with Crippen molar-refractivity contribution in [3.63, 3.8) is 0 Å². The first-order valence-corrected chi connectivity index (χ1v) is 9.48. The molecule has 10 heteroatoms. The van der Waals surface area contributed by atoms with Gasteiger partial charge in [0.2, 0.25) is 5.91 Å². The molecule has 3 rings (SSSR count). The lowest BCUT2D eigenvalue weighted by Crippen LogP contribution is -2.53. The number of aryl methyl sites for hydroxylation is 1. The van der Waals surface area contributed by atoms with Crippen LogP contribution in [0.2, 0.25) is 0 Å². The molecule has 2 aromatic rings. The number of carbonyl (C=O) groups excluding carboxylic acids is 2. The minimum atomic E-state index is -4.59. The van der Waals surface area contributed by atoms with Crippen LogP contribution in [0, 0.1) is 12.7 Å². The summed E-state index contributed by atoms with van der Waals surface area (Å²) in [5, 5.41) is 5.14. The number of amides is 3. The van der Waals surface area contributed by atoms with Crippen LogP contribution in [0.4, 0.5) is 33.7 Å². The van der Waals surface area contributed by atoms with Crippen molar-refractivity contribution in [2.24, 2.45) is 0 Å². The highest BCUT2D eigenvalue weighted by Crippen LogP contribution is 2.34. The number of piperazine rings is 1. The molecule has 0 radical (unpaired) electrons. The Morgan fingerprint density at radius 3 is 2.52 bits per heavy atom. The number of hydrogen-bond acceptors (Lipinski definition) is 3. The number of halogens is 4. The first kappa shape index (κ1) is 22.4. The van der Waals surface area contributed by atoms with Crippen LogP contribution in [0.5, 0.6) is 0 Å². The van der Waals surface area contributed by atoms with E-state index in [-0.39, 0.29) is 24.5 Å². The van der Waals surface area contributed by atoms with Crippen molar-refractivity contribution in [3.05, 3.63) is 58.9 Å². The van der Waals surface area contributed by atoms with Crippen molar-refractivity contribution < 1.29 is 27.2 Å². The SMILES string of the molecule is Cc1cc(F)ccc1C1C(=O)NCCN1C(=O)Nc1cc(N(C)C)cc(C(F)(F)F)c1. The number of carbonyl (C=O) groups is 2. The highest BCUT2D eigenvalue weighted by Gasteiger charge is 2.36. The van der Waals surface area contributed by atoms with Gasteiger partial charge in [0, 0.05) is 38.6 Å². The third kappa shape index (κ3) is 4.89. The predicted octanol–water partition coefficient (Wildman–Crippen LogP) is 3.92. The van der Waals surface area contributed by atoms with Gasteiger partial charge in [-0.1, -0.05) is 6.07 Å². The second kappa shape index (κ2) is 8.44. The van der Waals surface area contributed by atoms with Crippen molar-refractivity contribution in [1.82, 2.24) is 10.2 Å². The van der Waals surface area contributed by atoms with Gasteiger partial charge in [0.05, 0.1) is 5.56 Å². The third-order valence-corrected chi connectivity index (χ3v) is 5.01. The Morgan fingerprint density at radius 2 is 1.90 bits per heavy atom. The van der Waals surface area contributed by atoms with E-state index in [0.29, 0.717) is 11.1 Å². The van der Waals surface area contributed by atoms with E-state index in [0.717, 1.165) is 12.1 Å². The molecular formula is C21H22F4N4O2. The lowest BCUT2D eigenvalue weighted by Gasteiger charge is -2.36. The molecule has 2 aromatic carbocycles. The summed E-state index contributed by atoms with van der Waals surface area (Å²) in [5.74, 6) is -0.928. The van der Waals surface area contributed by atoms with Gasteiger partial charge >= 0.3 is 12.2 Å². The fourth-order valence-corrected chi connectivity index (χ4v) is 3.44. The summed E-state index contributed by atoms with van der Waals surface area (Å²) in [5.41, 5.74) is 0.216. The molecule has 0 bridgehead atoms. The number of alkyl halides is 3. The van der Waals surface area contributed by atoms with Crippen LogP contribution in [0.25, 0.3) is 0 Å². The van der Waals surface area contributed by atoms with E-state index < -0.39 is 35.5 Å². The van der Waals surface area contributed by atoms with Crippen LogP contribution in [-0.4, -0.2) is 44.0 Å². The van der Waals surface area contributed by atoms with Crippen LogP contribution in [0.3, 0.4) is 0 Å². The first-order chi connectivity index (χ1) is 14.5. The summed E-state index contributed by atoms with van der Waals surface area (Å²) >= 11 is 0. The molecule has 166 valence electrons. The van der Waals surface area contributed by atoms with Crippen molar-refractivity contribution in [1.29, 1.82) is 0 Å². The maximum absolute atomic E-state index is 13.5. The molecule has 0 spiro atoms. The summed E-state index contributed by atoms with van der Waals surface area (Å²) in [4.78, 5) is 28.3. The molecule has 2 N–H and O–H groups in total. The van der Waals surface area contributed by atoms with Crippen LogP contribution < -0.4 is 15.5 Å². The monoisotopic (exact) mass is 438 g/mol. The fourth-order valence-electron chi connectivity index (χ4n) is 3.44. The van der Waals surface area contributed by atoms with Gasteiger partial charge in [-0.05, 0) is 48.4 Å². The molecule has 31 heavy (non-hydrogen) atoms. The summed E-state index contributed by atoms with van der Waals surface area (Å²) < 4.78 is 53.4.